The van der Waals surface area contributed by atoms with Crippen LogP contribution in [0.2, 0.25) is 0 Å². The fourth-order valence-corrected chi connectivity index (χ4v) is 9.16. The predicted molar refractivity (Wildman–Crippen MR) is 338 cm³/mol. The molecule has 0 aromatic rings. The van der Waals surface area contributed by atoms with E-state index < -0.39 is 26.6 Å². The third kappa shape index (κ3) is 60.3. The number of unbranched alkanes of at least 4 members (excludes halogenated alkanes) is 23. The van der Waals surface area contributed by atoms with Gasteiger partial charge in [-0.25, -0.2) is 0 Å². The Kier molecular flexibility index (Phi) is 55.8. The van der Waals surface area contributed by atoms with E-state index in [1.807, 2.05) is 27.2 Å². The van der Waals surface area contributed by atoms with Crippen molar-refractivity contribution in [1.29, 1.82) is 0 Å². The molecule has 0 aliphatic carbocycles. The van der Waals surface area contributed by atoms with Gasteiger partial charge in [0.15, 0.2) is 0 Å². The van der Waals surface area contributed by atoms with Crippen molar-refractivity contribution in [1.82, 2.24) is 5.32 Å². The number of aliphatic hydroxyl groups excluding tert-OH is 1. The molecule has 9 heteroatoms. The van der Waals surface area contributed by atoms with Crippen LogP contribution in [0.1, 0.15) is 245 Å². The average Bonchev–Trinajstić information content (AvgIpc) is 3.41. The molecule has 0 fully saturated rings. The minimum atomic E-state index is -4.63. The quantitative estimate of drug-likeness (QED) is 0.0272. The SMILES string of the molecule is CC/C=C\C/C=C\C/C=C\C/C=C\C/C=C\C/C=C\C/C=C\C/C=C\CCCCCCCCC(=O)NC(COP(=O)([O-])OCC[N+](C)(C)C)C(O)/C=C/CC/C=C/CC/C=C/CCCCCCCCCCCCCCCCC. The summed E-state index contributed by atoms with van der Waals surface area (Å²) in [6.45, 7) is 4.49. The largest absolute Gasteiger partial charge is 0.756 e. The second-order valence-corrected chi connectivity index (χ2v) is 23.4. The van der Waals surface area contributed by atoms with Crippen molar-refractivity contribution in [3.63, 3.8) is 0 Å². The lowest BCUT2D eigenvalue weighted by molar-refractivity contribution is -0.870. The van der Waals surface area contributed by atoms with E-state index in [0.717, 1.165) is 122 Å². The van der Waals surface area contributed by atoms with Crippen LogP contribution in [0.3, 0.4) is 0 Å². The summed E-state index contributed by atoms with van der Waals surface area (Å²) < 4.78 is 23.4. The Labute approximate surface area is 481 Å². The van der Waals surface area contributed by atoms with Crippen LogP contribution in [0.25, 0.3) is 0 Å². The third-order valence-electron chi connectivity index (χ3n) is 13.3. The minimum absolute atomic E-state index is 0.0196. The Balaban J connectivity index is 4.31. The summed E-state index contributed by atoms with van der Waals surface area (Å²) in [6, 6.07) is -0.930. The zero-order chi connectivity index (χ0) is 57.0. The molecule has 0 aliphatic rings. The number of hydrogen-bond donors (Lipinski definition) is 2. The zero-order valence-electron chi connectivity index (χ0n) is 50.8. The Bertz CT molecular complexity index is 1730. The average molecular weight is 1100 g/mol. The van der Waals surface area contributed by atoms with E-state index in [1.165, 1.54) is 103 Å². The van der Waals surface area contributed by atoms with Crippen LogP contribution in [-0.4, -0.2) is 68.5 Å². The van der Waals surface area contributed by atoms with Gasteiger partial charge in [0.1, 0.15) is 13.2 Å². The number of nitrogens with zero attached hydrogens (tertiary/aromatic N) is 1. The van der Waals surface area contributed by atoms with E-state index >= 15 is 0 Å². The van der Waals surface area contributed by atoms with Crippen molar-refractivity contribution in [3.05, 3.63) is 134 Å². The molecule has 0 saturated carbocycles. The molecule has 3 unspecified atom stereocenters. The predicted octanol–water partition coefficient (Wildman–Crippen LogP) is 19.2. The number of rotatable bonds is 56. The Morgan fingerprint density at radius 3 is 1.19 bits per heavy atom. The van der Waals surface area contributed by atoms with Gasteiger partial charge < -0.3 is 28.8 Å². The molecule has 78 heavy (non-hydrogen) atoms. The number of nitrogens with one attached hydrogen (secondary N) is 1. The lowest BCUT2D eigenvalue weighted by Gasteiger charge is -2.29. The van der Waals surface area contributed by atoms with E-state index in [2.05, 4.69) is 141 Å². The third-order valence-corrected chi connectivity index (χ3v) is 14.3. The van der Waals surface area contributed by atoms with E-state index in [1.54, 1.807) is 6.08 Å². The first-order chi connectivity index (χ1) is 38.0. The van der Waals surface area contributed by atoms with Crippen molar-refractivity contribution in [3.8, 4) is 0 Å². The molecule has 0 saturated heterocycles. The Morgan fingerprint density at radius 1 is 0.462 bits per heavy atom. The van der Waals surface area contributed by atoms with Crippen LogP contribution >= 0.6 is 7.82 Å². The smallest absolute Gasteiger partial charge is 0.268 e. The van der Waals surface area contributed by atoms with Gasteiger partial charge in [0.2, 0.25) is 5.91 Å². The maximum atomic E-state index is 13.0. The molecular formula is C69H119N2O6P. The highest BCUT2D eigenvalue weighted by molar-refractivity contribution is 7.45. The van der Waals surface area contributed by atoms with Crippen LogP contribution in [0.15, 0.2) is 134 Å². The van der Waals surface area contributed by atoms with Gasteiger partial charge in [-0.2, -0.15) is 0 Å². The maximum Gasteiger partial charge on any atom is 0.268 e. The summed E-state index contributed by atoms with van der Waals surface area (Å²) in [4.78, 5) is 25.6. The molecule has 0 bridgehead atoms. The molecule has 1 amide bonds. The highest BCUT2D eigenvalue weighted by Gasteiger charge is 2.23. The number of phosphoric acid groups is 1. The molecule has 0 spiro atoms. The lowest BCUT2D eigenvalue weighted by atomic mass is 10.0. The molecule has 0 radical (unpaired) electrons. The van der Waals surface area contributed by atoms with Gasteiger partial charge in [-0.05, 0) is 109 Å². The number of phosphoric ester groups is 1. The van der Waals surface area contributed by atoms with Crippen molar-refractivity contribution in [2.24, 2.45) is 0 Å². The number of likely N-dealkylation sites (N-methyl/N-ethyl adjacent to an activating group) is 1. The molecule has 0 rings (SSSR count). The minimum Gasteiger partial charge on any atom is -0.756 e. The van der Waals surface area contributed by atoms with Crippen molar-refractivity contribution in [2.75, 3.05) is 40.9 Å². The monoisotopic (exact) mass is 1100 g/mol. The number of hydrogen-bond acceptors (Lipinski definition) is 6. The van der Waals surface area contributed by atoms with E-state index in [4.69, 9.17) is 9.05 Å². The topological polar surface area (TPSA) is 108 Å². The molecule has 2 N–H and O–H groups in total. The van der Waals surface area contributed by atoms with Crippen LogP contribution in [0.5, 0.6) is 0 Å². The standard InChI is InChI=1S/C69H119N2O6P/c1-6-8-10-12-14-16-18-20-22-24-26-28-30-32-33-34-35-36-37-39-41-43-45-47-49-51-53-55-57-59-61-63-69(73)70-67(66-77-78(74,75)76-65-64-71(3,4)5)68(72)62-60-58-56-54-52-50-48-46-44-42-40-38-31-29-27-25-23-21-19-17-15-13-11-9-7-2/h8,10,14,16,20,22,26,28,32-33,35-36,39,41,44-47,52,54,60,62,67-68,72H,6-7,9,11-13,15,17-19,21,23-25,27,29-31,34,37-38,40,42-43,48-51,53,55-59,61,63-66H2,1-5H3,(H-,70,73,74,75)/b10-8-,16-14-,22-20-,28-26-,33-32-,36-35-,41-39-,46-44+,47-45-,54-52+,62-60+. The number of carbonyl (C=O) groups excluding carboxylic acids is 1. The molecule has 0 aliphatic heterocycles. The zero-order valence-corrected chi connectivity index (χ0v) is 51.7. The van der Waals surface area contributed by atoms with E-state index in [9.17, 15) is 19.4 Å². The molecule has 8 nitrogen and oxygen atoms in total. The highest BCUT2D eigenvalue weighted by Crippen LogP contribution is 2.38. The summed E-state index contributed by atoms with van der Waals surface area (Å²) in [5, 5.41) is 13.9. The van der Waals surface area contributed by atoms with Gasteiger partial charge in [0, 0.05) is 6.42 Å². The Morgan fingerprint density at radius 2 is 0.795 bits per heavy atom. The van der Waals surface area contributed by atoms with Gasteiger partial charge in [0.25, 0.3) is 7.82 Å². The van der Waals surface area contributed by atoms with Gasteiger partial charge in [0.05, 0.1) is 39.9 Å². The number of aliphatic hydroxyl groups is 1. The van der Waals surface area contributed by atoms with Gasteiger partial charge in [-0.1, -0.05) is 263 Å². The first kappa shape index (κ1) is 74.6. The number of allylic oxidation sites excluding steroid dienone is 21. The Hall–Kier alpha value is -3.36. The van der Waals surface area contributed by atoms with Gasteiger partial charge in [-0.15, -0.1) is 0 Å². The highest BCUT2D eigenvalue weighted by atomic mass is 31.2. The molecular weight excluding hydrogens is 984 g/mol. The molecule has 446 valence electrons. The number of carbonyl (C=O) groups is 1. The summed E-state index contributed by atoms with van der Waals surface area (Å²) >= 11 is 0. The number of quaternary nitrogens is 1. The summed E-state index contributed by atoms with van der Waals surface area (Å²) in [5.41, 5.74) is 0. The molecule has 0 aromatic carbocycles. The van der Waals surface area contributed by atoms with Crippen LogP contribution in [-0.2, 0) is 18.4 Å². The first-order valence-corrected chi connectivity index (χ1v) is 33.0. The normalized spacial score (nSPS) is 14.7. The second kappa shape index (κ2) is 58.3. The fourth-order valence-electron chi connectivity index (χ4n) is 8.44. The van der Waals surface area contributed by atoms with E-state index in [0.29, 0.717) is 17.4 Å². The van der Waals surface area contributed by atoms with Crippen molar-refractivity contribution < 1.29 is 32.9 Å². The molecule has 3 atom stereocenters. The summed E-state index contributed by atoms with van der Waals surface area (Å²) in [6.07, 6.45) is 88.3. The van der Waals surface area contributed by atoms with E-state index in [-0.39, 0.29) is 12.5 Å². The van der Waals surface area contributed by atoms with Gasteiger partial charge in [-0.3, -0.25) is 9.36 Å². The molecule has 0 aromatic heterocycles. The summed E-state index contributed by atoms with van der Waals surface area (Å²) in [7, 11) is 1.21. The van der Waals surface area contributed by atoms with Crippen LogP contribution in [0.4, 0.5) is 0 Å². The maximum absolute atomic E-state index is 13.0. The van der Waals surface area contributed by atoms with Crippen LogP contribution in [0, 0.1) is 0 Å². The first-order valence-electron chi connectivity index (χ1n) is 31.5. The van der Waals surface area contributed by atoms with Crippen molar-refractivity contribution in [2.45, 2.75) is 257 Å². The van der Waals surface area contributed by atoms with Crippen LogP contribution < -0.4 is 10.2 Å². The fraction of sp³-hybridized carbons (Fsp3) is 0.667. The number of amides is 1. The second-order valence-electron chi connectivity index (χ2n) is 22.0. The molecule has 0 heterocycles. The van der Waals surface area contributed by atoms with Crippen molar-refractivity contribution >= 4 is 13.7 Å². The summed E-state index contributed by atoms with van der Waals surface area (Å²) in [5.74, 6) is -0.230. The van der Waals surface area contributed by atoms with Gasteiger partial charge >= 0.3 is 0 Å². The lowest BCUT2D eigenvalue weighted by Crippen LogP contribution is -2.45.